The molecule has 1 fully saturated rings. The van der Waals surface area contributed by atoms with Gasteiger partial charge in [0.2, 0.25) is 11.8 Å². The molecule has 1 aliphatic heterocycles. The molecule has 1 atom stereocenters. The molecule has 6 heteroatoms. The highest BCUT2D eigenvalue weighted by Crippen LogP contribution is 2.21. The van der Waals surface area contributed by atoms with Crippen molar-refractivity contribution in [2.24, 2.45) is 5.92 Å². The van der Waals surface area contributed by atoms with E-state index in [2.05, 4.69) is 18.8 Å². The number of halogens is 1. The maximum atomic E-state index is 13.2. The van der Waals surface area contributed by atoms with Gasteiger partial charge in [0.15, 0.2) is 0 Å². The lowest BCUT2D eigenvalue weighted by atomic mass is 10.0. The van der Waals surface area contributed by atoms with E-state index in [9.17, 15) is 14.0 Å². The zero-order chi connectivity index (χ0) is 20.1. The third kappa shape index (κ3) is 4.94. The molecule has 2 aromatic rings. The Kier molecular flexibility index (Phi) is 6.39. The molecule has 0 unspecified atom stereocenters. The monoisotopic (exact) mass is 383 g/mol. The van der Waals surface area contributed by atoms with Crippen LogP contribution in [0.4, 0.5) is 4.39 Å². The van der Waals surface area contributed by atoms with E-state index in [1.165, 1.54) is 12.1 Å². The first-order valence-corrected chi connectivity index (χ1v) is 9.65. The second-order valence-corrected chi connectivity index (χ2v) is 7.55. The minimum atomic E-state index is -0.294. The molecule has 28 heavy (non-hydrogen) atoms. The van der Waals surface area contributed by atoms with Crippen molar-refractivity contribution in [3.05, 3.63) is 65.7 Å². The van der Waals surface area contributed by atoms with Gasteiger partial charge >= 0.3 is 0 Å². The van der Waals surface area contributed by atoms with Gasteiger partial charge in [0.05, 0.1) is 12.5 Å². The number of rotatable bonds is 5. The largest absolute Gasteiger partial charge is 0.340 e. The second-order valence-electron chi connectivity index (χ2n) is 7.55. The van der Waals surface area contributed by atoms with E-state index in [1.54, 1.807) is 23.2 Å². The summed E-state index contributed by atoms with van der Waals surface area (Å²) in [6.45, 7) is 5.44. The fourth-order valence-corrected chi connectivity index (χ4v) is 3.53. The molecule has 2 amide bonds. The Morgan fingerprint density at radius 2 is 1.96 bits per heavy atom. The lowest BCUT2D eigenvalue weighted by Gasteiger charge is -2.34. The summed E-state index contributed by atoms with van der Waals surface area (Å²) in [5, 5.41) is 0. The molecule has 1 aromatic carbocycles. The Labute approximate surface area is 165 Å². The summed E-state index contributed by atoms with van der Waals surface area (Å²) < 4.78 is 13.2. The predicted octanol–water partition coefficient (Wildman–Crippen LogP) is 3.05. The first-order chi connectivity index (χ1) is 13.4. The number of aromatic nitrogens is 1. The van der Waals surface area contributed by atoms with Gasteiger partial charge in [0.25, 0.3) is 0 Å². The summed E-state index contributed by atoms with van der Waals surface area (Å²) in [4.78, 5) is 33.5. The topological polar surface area (TPSA) is 53.5 Å². The second kappa shape index (κ2) is 8.95. The minimum Gasteiger partial charge on any atom is -0.340 e. The van der Waals surface area contributed by atoms with E-state index in [-0.39, 0.29) is 36.0 Å². The molecule has 3 rings (SSSR count). The number of pyridine rings is 1. The highest BCUT2D eigenvalue weighted by atomic mass is 19.1. The van der Waals surface area contributed by atoms with Crippen LogP contribution in [0.15, 0.2) is 48.7 Å². The molecule has 1 aliphatic rings. The maximum Gasteiger partial charge on any atom is 0.228 e. The van der Waals surface area contributed by atoms with Gasteiger partial charge in [-0.2, -0.15) is 0 Å². The Bertz CT molecular complexity index is 808. The number of carbonyl (C=O) groups excluding carboxylic acids is 2. The van der Waals surface area contributed by atoms with Crippen molar-refractivity contribution in [2.75, 3.05) is 13.1 Å². The smallest absolute Gasteiger partial charge is 0.228 e. The van der Waals surface area contributed by atoms with Crippen LogP contribution >= 0.6 is 0 Å². The first kappa shape index (κ1) is 20.0. The molecule has 0 saturated carbocycles. The number of hydrogen-bond acceptors (Lipinski definition) is 3. The normalized spacial score (nSPS) is 17.7. The molecular formula is C22H26FN3O2. The average molecular weight is 383 g/mol. The summed E-state index contributed by atoms with van der Waals surface area (Å²) in [5.74, 6) is -0.0952. The quantitative estimate of drug-likeness (QED) is 0.797. The van der Waals surface area contributed by atoms with Gasteiger partial charge in [-0.05, 0) is 35.7 Å². The van der Waals surface area contributed by atoms with Crippen molar-refractivity contribution in [3.63, 3.8) is 0 Å². The average Bonchev–Trinajstić information content (AvgIpc) is 2.84. The van der Waals surface area contributed by atoms with Gasteiger partial charge in [-0.25, -0.2) is 4.39 Å². The summed E-state index contributed by atoms with van der Waals surface area (Å²) in [7, 11) is 0. The van der Waals surface area contributed by atoms with Crippen molar-refractivity contribution >= 4 is 11.8 Å². The number of nitrogens with zero attached hydrogens (tertiary/aromatic N) is 3. The molecular weight excluding hydrogens is 357 g/mol. The molecule has 2 heterocycles. The lowest BCUT2D eigenvalue weighted by molar-refractivity contribution is -0.134. The van der Waals surface area contributed by atoms with Crippen LogP contribution in [0.3, 0.4) is 0 Å². The zero-order valence-electron chi connectivity index (χ0n) is 16.3. The van der Waals surface area contributed by atoms with Gasteiger partial charge in [-0.1, -0.05) is 32.0 Å². The van der Waals surface area contributed by atoms with Gasteiger partial charge < -0.3 is 9.80 Å². The number of benzene rings is 1. The lowest BCUT2D eigenvalue weighted by Crippen LogP contribution is -2.47. The van der Waals surface area contributed by atoms with Crippen LogP contribution in [0, 0.1) is 11.7 Å². The summed E-state index contributed by atoms with van der Waals surface area (Å²) in [6.07, 6.45) is 2.20. The molecule has 0 spiro atoms. The Morgan fingerprint density at radius 3 is 2.61 bits per heavy atom. The molecule has 0 N–H and O–H groups in total. The van der Waals surface area contributed by atoms with E-state index in [1.807, 2.05) is 23.1 Å². The molecule has 148 valence electrons. The predicted molar refractivity (Wildman–Crippen MR) is 105 cm³/mol. The Balaban J connectivity index is 1.75. The number of carbonyl (C=O) groups is 2. The zero-order valence-corrected chi connectivity index (χ0v) is 16.3. The minimum absolute atomic E-state index is 0.0132. The van der Waals surface area contributed by atoms with Crippen LogP contribution in [0.2, 0.25) is 0 Å². The third-order valence-electron chi connectivity index (χ3n) is 5.17. The van der Waals surface area contributed by atoms with E-state index in [0.717, 1.165) is 11.3 Å². The molecule has 0 radical (unpaired) electrons. The van der Waals surface area contributed by atoms with Crippen molar-refractivity contribution in [1.82, 2.24) is 14.8 Å². The fourth-order valence-electron chi connectivity index (χ4n) is 3.53. The van der Waals surface area contributed by atoms with Crippen molar-refractivity contribution in [2.45, 2.75) is 39.3 Å². The van der Waals surface area contributed by atoms with Crippen LogP contribution in [-0.4, -0.2) is 45.7 Å². The molecule has 0 aliphatic carbocycles. The van der Waals surface area contributed by atoms with Crippen LogP contribution in [0.25, 0.3) is 0 Å². The van der Waals surface area contributed by atoms with E-state index in [0.29, 0.717) is 26.1 Å². The van der Waals surface area contributed by atoms with Crippen molar-refractivity contribution < 1.29 is 14.0 Å². The molecule has 1 aromatic heterocycles. The van der Waals surface area contributed by atoms with Gasteiger partial charge in [-0.3, -0.25) is 14.6 Å². The van der Waals surface area contributed by atoms with E-state index >= 15 is 0 Å². The third-order valence-corrected chi connectivity index (χ3v) is 5.17. The van der Waals surface area contributed by atoms with Crippen LogP contribution in [0.5, 0.6) is 0 Å². The summed E-state index contributed by atoms with van der Waals surface area (Å²) >= 11 is 0. The van der Waals surface area contributed by atoms with Gasteiger partial charge in [0, 0.05) is 37.9 Å². The van der Waals surface area contributed by atoms with Crippen LogP contribution in [-0.2, 0) is 22.6 Å². The van der Waals surface area contributed by atoms with Crippen LogP contribution in [0.1, 0.15) is 31.5 Å². The summed E-state index contributed by atoms with van der Waals surface area (Å²) in [6, 6.07) is 11.7. The highest BCUT2D eigenvalue weighted by molar-refractivity contribution is 5.81. The maximum absolute atomic E-state index is 13.2. The van der Waals surface area contributed by atoms with E-state index < -0.39 is 0 Å². The first-order valence-electron chi connectivity index (χ1n) is 9.65. The molecule has 1 saturated heterocycles. The van der Waals surface area contributed by atoms with Gasteiger partial charge in [0.1, 0.15) is 5.82 Å². The van der Waals surface area contributed by atoms with Crippen LogP contribution < -0.4 is 0 Å². The highest BCUT2D eigenvalue weighted by Gasteiger charge is 2.33. The number of amides is 2. The van der Waals surface area contributed by atoms with Gasteiger partial charge in [-0.15, -0.1) is 0 Å². The standard InChI is InChI=1S/C22H26FN3O2/c1-16(2)20-15-25(22(28)13-19-5-3-4-11-24-19)12-10-21(27)26(20)14-17-6-8-18(23)9-7-17/h3-9,11,16,20H,10,12-15H2,1-2H3/t20-/m0/s1. The Morgan fingerprint density at radius 1 is 1.21 bits per heavy atom. The number of hydrogen-bond donors (Lipinski definition) is 0. The Hall–Kier alpha value is -2.76. The fraction of sp³-hybridized carbons (Fsp3) is 0.409. The molecule has 0 bridgehead atoms. The van der Waals surface area contributed by atoms with E-state index in [4.69, 9.17) is 0 Å². The van der Waals surface area contributed by atoms with Crippen molar-refractivity contribution in [3.8, 4) is 0 Å². The molecule has 5 nitrogen and oxygen atoms in total. The summed E-state index contributed by atoms with van der Waals surface area (Å²) in [5.41, 5.74) is 1.61. The van der Waals surface area contributed by atoms with Crippen molar-refractivity contribution in [1.29, 1.82) is 0 Å². The SMILES string of the molecule is CC(C)[C@@H]1CN(C(=O)Cc2ccccn2)CCC(=O)N1Cc1ccc(F)cc1.